The minimum absolute atomic E-state index is 0.0891. The van der Waals surface area contributed by atoms with Crippen molar-refractivity contribution in [1.82, 2.24) is 0 Å². The molecule has 0 spiro atoms. The van der Waals surface area contributed by atoms with Gasteiger partial charge >= 0.3 is 0 Å². The van der Waals surface area contributed by atoms with E-state index in [1.165, 1.54) is 0 Å². The van der Waals surface area contributed by atoms with Crippen molar-refractivity contribution in [2.24, 2.45) is 0 Å². The third-order valence-electron chi connectivity index (χ3n) is 1.43. The quantitative estimate of drug-likeness (QED) is 0.616. The van der Waals surface area contributed by atoms with Crippen LogP contribution in [0.1, 0.15) is 19.8 Å². The van der Waals surface area contributed by atoms with Crippen molar-refractivity contribution in [3.63, 3.8) is 0 Å². The highest BCUT2D eigenvalue weighted by atomic mass is 16.5. The van der Waals surface area contributed by atoms with Crippen molar-refractivity contribution in [2.75, 3.05) is 19.8 Å². The second kappa shape index (κ2) is 8.49. The van der Waals surface area contributed by atoms with Gasteiger partial charge < -0.3 is 14.6 Å². The molecule has 0 saturated carbocycles. The molecule has 1 aliphatic rings. The molecule has 4 heteroatoms. The standard InChI is InChI=1S/C5H10O2.C3H6O2/c6-5-1-3-7-4-2-5;1-2-5-3-4/h5-6H,1-4H2;3H,2H2,1H3. The Hall–Kier alpha value is -0.610. The van der Waals surface area contributed by atoms with Crippen LogP contribution in [0.4, 0.5) is 0 Å². The van der Waals surface area contributed by atoms with Crippen LogP contribution >= 0.6 is 0 Å². The average molecular weight is 176 g/mol. The van der Waals surface area contributed by atoms with E-state index < -0.39 is 0 Å². The van der Waals surface area contributed by atoms with Gasteiger partial charge in [-0.25, -0.2) is 0 Å². The molecule has 0 atom stereocenters. The predicted molar refractivity (Wildman–Crippen MR) is 43.7 cm³/mol. The van der Waals surface area contributed by atoms with Gasteiger partial charge in [0.1, 0.15) is 0 Å². The fourth-order valence-electron chi connectivity index (χ4n) is 0.753. The molecule has 0 aromatic rings. The van der Waals surface area contributed by atoms with Crippen LogP contribution in [0.2, 0.25) is 0 Å². The van der Waals surface area contributed by atoms with Gasteiger partial charge in [0, 0.05) is 13.2 Å². The Labute approximate surface area is 72.5 Å². The first kappa shape index (κ1) is 11.4. The maximum atomic E-state index is 9.18. The van der Waals surface area contributed by atoms with E-state index in [-0.39, 0.29) is 6.10 Å². The Bertz CT molecular complexity index is 99.2. The third kappa shape index (κ3) is 7.50. The molecule has 0 amide bonds. The van der Waals surface area contributed by atoms with Gasteiger partial charge in [-0.05, 0) is 19.8 Å². The first-order chi connectivity index (χ1) is 5.81. The number of hydrogen-bond donors (Lipinski definition) is 1. The highest BCUT2D eigenvalue weighted by Crippen LogP contribution is 2.04. The Morgan fingerprint density at radius 1 is 1.58 bits per heavy atom. The van der Waals surface area contributed by atoms with Crippen LogP contribution in [-0.4, -0.2) is 37.5 Å². The van der Waals surface area contributed by atoms with Crippen molar-refractivity contribution in [3.05, 3.63) is 0 Å². The van der Waals surface area contributed by atoms with Gasteiger partial charge in [-0.3, -0.25) is 4.79 Å². The highest BCUT2D eigenvalue weighted by Gasteiger charge is 2.07. The topological polar surface area (TPSA) is 55.8 Å². The molecule has 0 aromatic heterocycles. The van der Waals surface area contributed by atoms with E-state index in [9.17, 15) is 4.79 Å². The fraction of sp³-hybridized carbons (Fsp3) is 0.875. The van der Waals surface area contributed by atoms with Gasteiger partial charge in [-0.15, -0.1) is 0 Å². The first-order valence-corrected chi connectivity index (χ1v) is 4.12. The van der Waals surface area contributed by atoms with Crippen LogP contribution < -0.4 is 0 Å². The Balaban J connectivity index is 0.000000217. The Morgan fingerprint density at radius 2 is 2.17 bits per heavy atom. The van der Waals surface area contributed by atoms with Crippen molar-refractivity contribution < 1.29 is 19.4 Å². The number of rotatable bonds is 2. The molecule has 1 rings (SSSR count). The lowest BCUT2D eigenvalue weighted by atomic mass is 10.2. The summed E-state index contributed by atoms with van der Waals surface area (Å²) in [6, 6.07) is 0. The molecule has 0 aliphatic carbocycles. The molecular weight excluding hydrogens is 160 g/mol. The first-order valence-electron chi connectivity index (χ1n) is 4.12. The number of ether oxygens (including phenoxy) is 2. The summed E-state index contributed by atoms with van der Waals surface area (Å²) in [6.07, 6.45) is 1.55. The van der Waals surface area contributed by atoms with Crippen molar-refractivity contribution >= 4 is 6.47 Å². The minimum atomic E-state index is -0.0891. The Morgan fingerprint density at radius 3 is 2.33 bits per heavy atom. The van der Waals surface area contributed by atoms with Crippen molar-refractivity contribution in [1.29, 1.82) is 0 Å². The summed E-state index contributed by atoms with van der Waals surface area (Å²) in [6.45, 7) is 4.14. The molecule has 1 heterocycles. The molecule has 1 fully saturated rings. The lowest BCUT2D eigenvalue weighted by molar-refractivity contribution is -0.128. The lowest BCUT2D eigenvalue weighted by Crippen LogP contribution is -2.19. The SMILES string of the molecule is CCOC=O.OC1CCOCC1. The molecule has 1 N–H and O–H groups in total. The molecule has 0 bridgehead atoms. The van der Waals surface area contributed by atoms with Crippen LogP contribution in [0.5, 0.6) is 0 Å². The lowest BCUT2D eigenvalue weighted by Gasteiger charge is -2.15. The fourth-order valence-corrected chi connectivity index (χ4v) is 0.753. The summed E-state index contributed by atoms with van der Waals surface area (Å²) in [4.78, 5) is 9.18. The van der Waals surface area contributed by atoms with E-state index in [2.05, 4.69) is 4.74 Å². The van der Waals surface area contributed by atoms with Crippen LogP contribution in [0, 0.1) is 0 Å². The highest BCUT2D eigenvalue weighted by molar-refractivity contribution is 5.36. The van der Waals surface area contributed by atoms with Gasteiger partial charge in [-0.2, -0.15) is 0 Å². The minimum Gasteiger partial charge on any atom is -0.468 e. The largest absolute Gasteiger partial charge is 0.468 e. The van der Waals surface area contributed by atoms with Crippen LogP contribution in [0.3, 0.4) is 0 Å². The summed E-state index contributed by atoms with van der Waals surface area (Å²) in [5.41, 5.74) is 0. The summed E-state index contributed by atoms with van der Waals surface area (Å²) in [7, 11) is 0. The van der Waals surface area contributed by atoms with Crippen molar-refractivity contribution in [2.45, 2.75) is 25.9 Å². The second-order valence-electron chi connectivity index (χ2n) is 2.40. The molecule has 4 nitrogen and oxygen atoms in total. The van der Waals surface area contributed by atoms with Gasteiger partial charge in [0.2, 0.25) is 0 Å². The maximum absolute atomic E-state index is 9.18. The number of aliphatic hydroxyl groups excluding tert-OH is 1. The van der Waals surface area contributed by atoms with Gasteiger partial charge in [0.25, 0.3) is 6.47 Å². The zero-order valence-electron chi connectivity index (χ0n) is 7.36. The monoisotopic (exact) mass is 176 g/mol. The molecular formula is C8H16O4. The van der Waals surface area contributed by atoms with Crippen molar-refractivity contribution in [3.8, 4) is 0 Å². The molecule has 1 aliphatic heterocycles. The van der Waals surface area contributed by atoms with Crippen LogP contribution in [0.25, 0.3) is 0 Å². The summed E-state index contributed by atoms with van der Waals surface area (Å²) in [5, 5.41) is 8.83. The maximum Gasteiger partial charge on any atom is 0.293 e. The van der Waals surface area contributed by atoms with E-state index in [4.69, 9.17) is 9.84 Å². The van der Waals surface area contributed by atoms with E-state index in [1.54, 1.807) is 6.92 Å². The zero-order valence-corrected chi connectivity index (χ0v) is 7.36. The van der Waals surface area contributed by atoms with Gasteiger partial charge in [-0.1, -0.05) is 0 Å². The van der Waals surface area contributed by atoms with Crippen LogP contribution in [0.15, 0.2) is 0 Å². The normalized spacial score (nSPS) is 17.5. The van der Waals surface area contributed by atoms with Gasteiger partial charge in [0.15, 0.2) is 0 Å². The number of aliphatic hydroxyl groups is 1. The molecule has 72 valence electrons. The molecule has 0 radical (unpaired) electrons. The zero-order chi connectivity index (χ0) is 9.23. The number of carbonyl (C=O) groups is 1. The molecule has 0 unspecified atom stereocenters. The number of hydrogen-bond acceptors (Lipinski definition) is 4. The van der Waals surface area contributed by atoms with E-state index in [0.717, 1.165) is 26.1 Å². The smallest absolute Gasteiger partial charge is 0.293 e. The summed E-state index contributed by atoms with van der Waals surface area (Å²) >= 11 is 0. The molecule has 12 heavy (non-hydrogen) atoms. The average Bonchev–Trinajstić information content (AvgIpc) is 2.08. The molecule has 1 saturated heterocycles. The third-order valence-corrected chi connectivity index (χ3v) is 1.43. The summed E-state index contributed by atoms with van der Waals surface area (Å²) in [5.74, 6) is 0. The van der Waals surface area contributed by atoms with E-state index >= 15 is 0 Å². The van der Waals surface area contributed by atoms with E-state index in [0.29, 0.717) is 13.1 Å². The second-order valence-corrected chi connectivity index (χ2v) is 2.40. The number of carbonyl (C=O) groups excluding carboxylic acids is 1. The summed E-state index contributed by atoms with van der Waals surface area (Å²) < 4.78 is 9.13. The Kier molecular flexibility index (Phi) is 8.05. The van der Waals surface area contributed by atoms with Gasteiger partial charge in [0.05, 0.1) is 12.7 Å². The predicted octanol–water partition coefficient (Wildman–Crippen LogP) is 0.337. The van der Waals surface area contributed by atoms with E-state index in [1.807, 2.05) is 0 Å². The molecule has 0 aromatic carbocycles. The van der Waals surface area contributed by atoms with Crippen LogP contribution in [-0.2, 0) is 14.3 Å².